The fourth-order valence-electron chi connectivity index (χ4n) is 7.24. The molecule has 0 radical (unpaired) electrons. The van der Waals surface area contributed by atoms with E-state index in [1.54, 1.807) is 24.4 Å². The number of nitrogens with one attached hydrogen (secondary N) is 2. The summed E-state index contributed by atoms with van der Waals surface area (Å²) in [5.41, 5.74) is 4.59. The summed E-state index contributed by atoms with van der Waals surface area (Å²) in [6.07, 6.45) is 7.61. The lowest BCUT2D eigenvalue weighted by Gasteiger charge is -2.37. The third-order valence-corrected chi connectivity index (χ3v) is 9.85. The number of aryl methyl sites for hydroxylation is 1. The maximum atomic E-state index is 15.8. The molecule has 3 N–H and O–H groups in total. The van der Waals surface area contributed by atoms with Gasteiger partial charge in [-0.05, 0) is 59.2 Å². The summed E-state index contributed by atoms with van der Waals surface area (Å²) in [7, 11) is 0. The van der Waals surface area contributed by atoms with Crippen molar-refractivity contribution in [2.24, 2.45) is 5.92 Å². The Kier molecular flexibility index (Phi) is 8.27. The fraction of sp³-hybridized carbons (Fsp3) is 0.119. The molecule has 3 aromatic heterocycles. The standard InChI is InChI=1S/C42H33FN6O3/c1-26-17-18-44-22-34(26)32-19-27-20-37(45-23-35(27)39(38(32)43)48-41(51)52)47-40(50)33-21-31(33)36-24-49(25-46-36)42(28-11-5-2-6-12-28,29-13-7-3-8-14-29)30-15-9-4-10-16-30/h2-20,22-25,31,33,48H,21H2,1H3,(H,51,52)(H,45,47,50). The van der Waals surface area contributed by atoms with Crippen LogP contribution in [0, 0.1) is 18.7 Å². The van der Waals surface area contributed by atoms with Gasteiger partial charge in [0.05, 0.1) is 17.7 Å². The molecule has 0 spiro atoms. The van der Waals surface area contributed by atoms with Crippen molar-refractivity contribution in [1.82, 2.24) is 19.5 Å². The monoisotopic (exact) mass is 688 g/mol. The van der Waals surface area contributed by atoms with E-state index >= 15 is 4.39 Å². The van der Waals surface area contributed by atoms with E-state index in [2.05, 4.69) is 61.6 Å². The number of anilines is 2. The summed E-state index contributed by atoms with van der Waals surface area (Å²) in [6.45, 7) is 1.82. The van der Waals surface area contributed by atoms with Gasteiger partial charge in [-0.3, -0.25) is 15.1 Å². The number of carbonyl (C=O) groups is 2. The first-order valence-electron chi connectivity index (χ1n) is 16.9. The van der Waals surface area contributed by atoms with Crippen molar-refractivity contribution in [3.63, 3.8) is 0 Å². The van der Waals surface area contributed by atoms with E-state index in [0.717, 1.165) is 27.9 Å². The van der Waals surface area contributed by atoms with Crippen LogP contribution in [0.2, 0.25) is 0 Å². The van der Waals surface area contributed by atoms with Crippen molar-refractivity contribution in [1.29, 1.82) is 0 Å². The maximum Gasteiger partial charge on any atom is 0.409 e. The van der Waals surface area contributed by atoms with Crippen LogP contribution in [0.4, 0.5) is 20.7 Å². The van der Waals surface area contributed by atoms with Gasteiger partial charge in [0.25, 0.3) is 0 Å². The van der Waals surface area contributed by atoms with Crippen LogP contribution < -0.4 is 10.6 Å². The van der Waals surface area contributed by atoms with E-state index in [1.165, 1.54) is 12.4 Å². The highest BCUT2D eigenvalue weighted by Crippen LogP contribution is 2.49. The number of imidazole rings is 1. The van der Waals surface area contributed by atoms with Gasteiger partial charge in [-0.2, -0.15) is 0 Å². The highest BCUT2D eigenvalue weighted by atomic mass is 19.1. The summed E-state index contributed by atoms with van der Waals surface area (Å²) >= 11 is 0. The molecule has 52 heavy (non-hydrogen) atoms. The topological polar surface area (TPSA) is 122 Å². The molecule has 10 heteroatoms. The van der Waals surface area contributed by atoms with E-state index in [4.69, 9.17) is 4.98 Å². The zero-order chi connectivity index (χ0) is 35.8. The molecule has 4 aromatic carbocycles. The number of aromatic nitrogens is 4. The van der Waals surface area contributed by atoms with Gasteiger partial charge in [0.2, 0.25) is 5.91 Å². The Bertz CT molecular complexity index is 2340. The summed E-state index contributed by atoms with van der Waals surface area (Å²) < 4.78 is 17.9. The highest BCUT2D eigenvalue weighted by Gasteiger charge is 2.47. The molecule has 1 saturated carbocycles. The third-order valence-electron chi connectivity index (χ3n) is 9.85. The number of pyridine rings is 2. The second-order valence-electron chi connectivity index (χ2n) is 13.0. The van der Waals surface area contributed by atoms with E-state index in [-0.39, 0.29) is 40.2 Å². The quantitative estimate of drug-likeness (QED) is 0.131. The number of carbonyl (C=O) groups excluding carboxylic acids is 1. The first-order valence-corrected chi connectivity index (χ1v) is 16.9. The molecule has 9 nitrogen and oxygen atoms in total. The van der Waals surface area contributed by atoms with Crippen LogP contribution in [0.3, 0.4) is 0 Å². The summed E-state index contributed by atoms with van der Waals surface area (Å²) in [5.74, 6) is -1.10. The number of rotatable bonds is 9. The Morgan fingerprint density at radius 3 is 2.06 bits per heavy atom. The molecule has 0 aliphatic heterocycles. The molecule has 3 heterocycles. The average Bonchev–Trinajstić information content (AvgIpc) is 3.83. The van der Waals surface area contributed by atoms with Crippen LogP contribution in [0.25, 0.3) is 21.9 Å². The predicted molar refractivity (Wildman–Crippen MR) is 198 cm³/mol. The smallest absolute Gasteiger partial charge is 0.409 e. The Morgan fingerprint density at radius 2 is 1.46 bits per heavy atom. The predicted octanol–water partition coefficient (Wildman–Crippen LogP) is 8.61. The summed E-state index contributed by atoms with van der Waals surface area (Å²) in [5, 5.41) is 15.3. The number of nitrogens with zero attached hydrogens (tertiary/aromatic N) is 4. The Balaban J connectivity index is 1.10. The summed E-state index contributed by atoms with van der Waals surface area (Å²) in [4.78, 5) is 38.6. The van der Waals surface area contributed by atoms with Crippen LogP contribution in [0.1, 0.15) is 40.3 Å². The molecule has 0 saturated heterocycles. The minimum Gasteiger partial charge on any atom is -0.465 e. The minimum absolute atomic E-state index is 0.0950. The molecule has 8 rings (SSSR count). The van der Waals surface area contributed by atoms with Gasteiger partial charge in [-0.15, -0.1) is 0 Å². The number of fused-ring (bicyclic) bond motifs is 1. The van der Waals surface area contributed by atoms with Crippen molar-refractivity contribution in [3.05, 3.63) is 174 Å². The van der Waals surface area contributed by atoms with Crippen LogP contribution >= 0.6 is 0 Å². The average molecular weight is 689 g/mol. The van der Waals surface area contributed by atoms with E-state index in [1.807, 2.05) is 74.0 Å². The van der Waals surface area contributed by atoms with Crippen molar-refractivity contribution in [3.8, 4) is 11.1 Å². The largest absolute Gasteiger partial charge is 0.465 e. The van der Waals surface area contributed by atoms with Crippen LogP contribution in [0.15, 0.2) is 140 Å². The number of benzene rings is 4. The van der Waals surface area contributed by atoms with Crippen molar-refractivity contribution >= 4 is 34.3 Å². The molecule has 0 bridgehead atoms. The number of hydrogen-bond donors (Lipinski definition) is 3. The van der Waals surface area contributed by atoms with Crippen LogP contribution in [-0.4, -0.2) is 36.6 Å². The molecular weight excluding hydrogens is 655 g/mol. The Morgan fingerprint density at radius 1 is 0.827 bits per heavy atom. The first kappa shape index (κ1) is 32.5. The van der Waals surface area contributed by atoms with Crippen LogP contribution in [-0.2, 0) is 10.3 Å². The fourth-order valence-corrected chi connectivity index (χ4v) is 7.24. The SMILES string of the molecule is Cc1ccncc1-c1cc2cc(NC(=O)C3CC3c3cn(C(c4ccccc4)(c4ccccc4)c4ccccc4)cn3)ncc2c(NC(=O)O)c1F. The van der Waals surface area contributed by atoms with Crippen molar-refractivity contribution in [2.75, 3.05) is 10.6 Å². The molecule has 256 valence electrons. The lowest BCUT2D eigenvalue weighted by atomic mass is 9.77. The minimum atomic E-state index is -1.41. The Labute approximate surface area is 298 Å². The second kappa shape index (κ2) is 13.2. The van der Waals surface area contributed by atoms with Gasteiger partial charge in [0.1, 0.15) is 11.4 Å². The molecule has 1 aliphatic carbocycles. The molecular formula is C42H33FN6O3. The normalized spacial score (nSPS) is 15.3. The lowest BCUT2D eigenvalue weighted by Crippen LogP contribution is -2.36. The van der Waals surface area contributed by atoms with E-state index < -0.39 is 17.4 Å². The van der Waals surface area contributed by atoms with Gasteiger partial charge >= 0.3 is 6.09 Å². The van der Waals surface area contributed by atoms with E-state index in [9.17, 15) is 14.7 Å². The zero-order valence-electron chi connectivity index (χ0n) is 28.1. The van der Waals surface area contributed by atoms with Crippen molar-refractivity contribution in [2.45, 2.75) is 24.8 Å². The zero-order valence-corrected chi connectivity index (χ0v) is 28.1. The molecule has 2 atom stereocenters. The van der Waals surface area contributed by atoms with Gasteiger partial charge in [0, 0.05) is 53.1 Å². The first-order chi connectivity index (χ1) is 25.3. The number of amides is 2. The molecule has 2 unspecified atom stereocenters. The summed E-state index contributed by atoms with van der Waals surface area (Å²) in [6, 6.07) is 36.0. The van der Waals surface area contributed by atoms with Gasteiger partial charge < -0.3 is 15.0 Å². The number of halogens is 1. The number of hydrogen-bond acceptors (Lipinski definition) is 5. The lowest BCUT2D eigenvalue weighted by molar-refractivity contribution is -0.117. The van der Waals surface area contributed by atoms with Gasteiger partial charge in [-0.25, -0.2) is 19.2 Å². The maximum absolute atomic E-state index is 15.8. The van der Waals surface area contributed by atoms with E-state index in [0.29, 0.717) is 17.4 Å². The highest BCUT2D eigenvalue weighted by molar-refractivity contribution is 6.04. The van der Waals surface area contributed by atoms with Gasteiger partial charge in [-0.1, -0.05) is 91.0 Å². The molecule has 2 amide bonds. The van der Waals surface area contributed by atoms with Gasteiger partial charge in [0.15, 0.2) is 5.82 Å². The van der Waals surface area contributed by atoms with Crippen LogP contribution in [0.5, 0.6) is 0 Å². The van der Waals surface area contributed by atoms with Crippen molar-refractivity contribution < 1.29 is 19.1 Å². The molecule has 1 fully saturated rings. The molecule has 7 aromatic rings. The molecule has 1 aliphatic rings. The second-order valence-corrected chi connectivity index (χ2v) is 13.0. The Hall–Kier alpha value is -6.68. The number of carboxylic acid groups (broad SMARTS) is 1. The third kappa shape index (κ3) is 5.73.